The fraction of sp³-hybridized carbons (Fsp3) is 0.500. The molecule has 0 saturated carbocycles. The topological polar surface area (TPSA) is 96.6 Å². The van der Waals surface area contributed by atoms with Crippen molar-refractivity contribution in [3.05, 3.63) is 28.4 Å². The molecule has 0 bridgehead atoms. The molecule has 1 saturated heterocycles. The number of nitrogens with zero attached hydrogens (tertiary/aromatic N) is 3. The van der Waals surface area contributed by atoms with Gasteiger partial charge in [-0.2, -0.15) is 0 Å². The number of carboxylic acid groups (broad SMARTS) is 1. The number of carbonyl (C=O) groups is 1. The van der Waals surface area contributed by atoms with E-state index in [0.717, 1.165) is 19.3 Å². The minimum Gasteiger partial charge on any atom is -0.481 e. The van der Waals surface area contributed by atoms with Gasteiger partial charge in [0.2, 0.25) is 0 Å². The smallest absolute Gasteiger partial charge is 0.305 e. The van der Waals surface area contributed by atoms with Gasteiger partial charge in [-0.1, -0.05) is 0 Å². The number of piperidine rings is 1. The number of pyridine rings is 1. The van der Waals surface area contributed by atoms with E-state index in [4.69, 9.17) is 5.11 Å². The standard InChI is InChI=1S/C12H15N3O4/c16-12(17)8-9-3-1-2-6-14(9)11-7-10(15(18)19)4-5-13-11/h4-5,7,9H,1-3,6,8H2,(H,16,17). The normalized spacial score (nSPS) is 19.2. The molecule has 19 heavy (non-hydrogen) atoms. The number of hydrogen-bond donors (Lipinski definition) is 1. The second-order valence-corrected chi connectivity index (χ2v) is 4.57. The molecule has 0 amide bonds. The molecule has 7 heteroatoms. The van der Waals surface area contributed by atoms with Gasteiger partial charge >= 0.3 is 5.97 Å². The van der Waals surface area contributed by atoms with Crippen molar-refractivity contribution in [3.8, 4) is 0 Å². The molecular weight excluding hydrogens is 250 g/mol. The molecule has 0 radical (unpaired) electrons. The summed E-state index contributed by atoms with van der Waals surface area (Å²) in [6.45, 7) is 0.687. The Morgan fingerprint density at radius 2 is 2.37 bits per heavy atom. The van der Waals surface area contributed by atoms with Crippen LogP contribution in [-0.4, -0.2) is 33.6 Å². The molecule has 1 aliphatic heterocycles. The monoisotopic (exact) mass is 265 g/mol. The van der Waals surface area contributed by atoms with Gasteiger partial charge in [-0.05, 0) is 19.3 Å². The van der Waals surface area contributed by atoms with Crippen LogP contribution in [0.2, 0.25) is 0 Å². The number of hydrogen-bond acceptors (Lipinski definition) is 5. The van der Waals surface area contributed by atoms with E-state index in [2.05, 4.69) is 4.98 Å². The number of aromatic nitrogens is 1. The highest BCUT2D eigenvalue weighted by atomic mass is 16.6. The molecule has 102 valence electrons. The van der Waals surface area contributed by atoms with E-state index in [1.54, 1.807) is 0 Å². The highest BCUT2D eigenvalue weighted by Gasteiger charge is 2.26. The quantitative estimate of drug-likeness (QED) is 0.658. The van der Waals surface area contributed by atoms with E-state index in [1.165, 1.54) is 18.3 Å². The van der Waals surface area contributed by atoms with E-state index < -0.39 is 10.9 Å². The summed E-state index contributed by atoms with van der Waals surface area (Å²) < 4.78 is 0. The fourth-order valence-electron chi connectivity index (χ4n) is 2.39. The van der Waals surface area contributed by atoms with E-state index >= 15 is 0 Å². The molecule has 1 fully saturated rings. The molecular formula is C12H15N3O4. The van der Waals surface area contributed by atoms with Crippen molar-refractivity contribution in [2.45, 2.75) is 31.7 Å². The zero-order valence-corrected chi connectivity index (χ0v) is 10.4. The maximum atomic E-state index is 10.9. The van der Waals surface area contributed by atoms with Crippen LogP contribution >= 0.6 is 0 Å². The summed E-state index contributed by atoms with van der Waals surface area (Å²) in [5.74, 6) is -0.373. The SMILES string of the molecule is O=C(O)CC1CCCCN1c1cc([N+](=O)[O-])ccn1. The largest absolute Gasteiger partial charge is 0.481 e. The predicted octanol–water partition coefficient (Wildman–Crippen LogP) is 1.82. The van der Waals surface area contributed by atoms with Crippen molar-refractivity contribution in [2.75, 3.05) is 11.4 Å². The van der Waals surface area contributed by atoms with Crippen molar-refractivity contribution < 1.29 is 14.8 Å². The van der Waals surface area contributed by atoms with E-state index in [-0.39, 0.29) is 18.2 Å². The number of carboxylic acids is 1. The van der Waals surface area contributed by atoms with Crippen LogP contribution in [-0.2, 0) is 4.79 Å². The van der Waals surface area contributed by atoms with Crippen LogP contribution in [0.15, 0.2) is 18.3 Å². The number of rotatable bonds is 4. The summed E-state index contributed by atoms with van der Waals surface area (Å²) in [7, 11) is 0. The highest BCUT2D eigenvalue weighted by Crippen LogP contribution is 2.27. The molecule has 1 N–H and O–H groups in total. The van der Waals surface area contributed by atoms with Crippen molar-refractivity contribution in [1.29, 1.82) is 0 Å². The van der Waals surface area contributed by atoms with Crippen molar-refractivity contribution in [3.63, 3.8) is 0 Å². The molecule has 1 aromatic heterocycles. The lowest BCUT2D eigenvalue weighted by molar-refractivity contribution is -0.384. The van der Waals surface area contributed by atoms with E-state index in [9.17, 15) is 14.9 Å². The van der Waals surface area contributed by atoms with E-state index in [0.29, 0.717) is 12.4 Å². The third-order valence-electron chi connectivity index (χ3n) is 3.27. The van der Waals surface area contributed by atoms with Gasteiger partial charge in [-0.15, -0.1) is 0 Å². The third-order valence-corrected chi connectivity index (χ3v) is 3.27. The van der Waals surface area contributed by atoms with Gasteiger partial charge in [-0.3, -0.25) is 14.9 Å². The molecule has 0 aliphatic carbocycles. The van der Waals surface area contributed by atoms with Gasteiger partial charge in [0, 0.05) is 24.8 Å². The van der Waals surface area contributed by atoms with Gasteiger partial charge in [0.15, 0.2) is 0 Å². The Morgan fingerprint density at radius 1 is 1.58 bits per heavy atom. The molecule has 0 aromatic carbocycles. The number of aliphatic carboxylic acids is 1. The van der Waals surface area contributed by atoms with Crippen LogP contribution in [0.5, 0.6) is 0 Å². The van der Waals surface area contributed by atoms with Crippen molar-refractivity contribution >= 4 is 17.5 Å². The Labute approximate surface area is 110 Å². The second-order valence-electron chi connectivity index (χ2n) is 4.57. The minimum absolute atomic E-state index is 0.0235. The third kappa shape index (κ3) is 3.18. The molecule has 1 unspecified atom stereocenters. The lowest BCUT2D eigenvalue weighted by Gasteiger charge is -2.35. The zero-order valence-electron chi connectivity index (χ0n) is 10.4. The molecule has 1 aromatic rings. The number of nitro groups is 1. The first kappa shape index (κ1) is 13.3. The average Bonchev–Trinajstić information content (AvgIpc) is 2.39. The Hall–Kier alpha value is -2.18. The molecule has 1 atom stereocenters. The molecule has 7 nitrogen and oxygen atoms in total. The Kier molecular flexibility index (Phi) is 3.94. The summed E-state index contributed by atoms with van der Waals surface area (Å²) in [6.07, 6.45) is 4.12. The highest BCUT2D eigenvalue weighted by molar-refractivity contribution is 5.68. The summed E-state index contributed by atoms with van der Waals surface area (Å²) in [4.78, 5) is 27.2. The van der Waals surface area contributed by atoms with Crippen LogP contribution < -0.4 is 4.90 Å². The fourth-order valence-corrected chi connectivity index (χ4v) is 2.39. The predicted molar refractivity (Wildman–Crippen MR) is 68.1 cm³/mol. The second kappa shape index (κ2) is 5.64. The lowest BCUT2D eigenvalue weighted by atomic mass is 9.99. The first-order valence-corrected chi connectivity index (χ1v) is 6.17. The molecule has 0 spiro atoms. The Balaban J connectivity index is 2.24. The molecule has 2 rings (SSSR count). The van der Waals surface area contributed by atoms with Gasteiger partial charge in [-0.25, -0.2) is 4.98 Å². The van der Waals surface area contributed by atoms with Crippen LogP contribution in [0, 0.1) is 10.1 Å². The van der Waals surface area contributed by atoms with Crippen LogP contribution in [0.4, 0.5) is 11.5 Å². The number of anilines is 1. The zero-order chi connectivity index (χ0) is 13.8. The van der Waals surface area contributed by atoms with Gasteiger partial charge in [0.25, 0.3) is 5.69 Å². The van der Waals surface area contributed by atoms with Gasteiger partial charge in [0.05, 0.1) is 17.4 Å². The Bertz CT molecular complexity index is 492. The summed E-state index contributed by atoms with van der Waals surface area (Å²) in [5.41, 5.74) is -0.0235. The first-order valence-electron chi connectivity index (χ1n) is 6.17. The first-order chi connectivity index (χ1) is 9.08. The summed E-state index contributed by atoms with van der Waals surface area (Å²) in [6, 6.07) is 2.60. The van der Waals surface area contributed by atoms with Crippen LogP contribution in [0.1, 0.15) is 25.7 Å². The average molecular weight is 265 g/mol. The molecule has 1 aliphatic rings. The summed E-state index contributed by atoms with van der Waals surface area (Å²) >= 11 is 0. The van der Waals surface area contributed by atoms with Gasteiger partial charge < -0.3 is 10.0 Å². The van der Waals surface area contributed by atoms with Gasteiger partial charge in [0.1, 0.15) is 5.82 Å². The Morgan fingerprint density at radius 3 is 3.05 bits per heavy atom. The maximum absolute atomic E-state index is 10.9. The van der Waals surface area contributed by atoms with Crippen molar-refractivity contribution in [1.82, 2.24) is 4.98 Å². The molecule has 2 heterocycles. The van der Waals surface area contributed by atoms with E-state index in [1.807, 2.05) is 4.90 Å². The lowest BCUT2D eigenvalue weighted by Crippen LogP contribution is -2.41. The maximum Gasteiger partial charge on any atom is 0.305 e. The van der Waals surface area contributed by atoms with Crippen LogP contribution in [0.25, 0.3) is 0 Å². The summed E-state index contributed by atoms with van der Waals surface area (Å²) in [5, 5.41) is 19.7. The van der Waals surface area contributed by atoms with Crippen LogP contribution in [0.3, 0.4) is 0 Å². The van der Waals surface area contributed by atoms with Crippen molar-refractivity contribution in [2.24, 2.45) is 0 Å². The minimum atomic E-state index is -0.859.